The van der Waals surface area contributed by atoms with Crippen molar-refractivity contribution in [2.24, 2.45) is 23.2 Å². The molecule has 0 saturated heterocycles. The zero-order chi connectivity index (χ0) is 12.0. The van der Waals surface area contributed by atoms with Crippen LogP contribution in [0.3, 0.4) is 0 Å². The lowest BCUT2D eigenvalue weighted by Crippen LogP contribution is -2.53. The minimum Gasteiger partial charge on any atom is -0.309 e. The lowest BCUT2D eigenvalue weighted by molar-refractivity contribution is -0.0489. The highest BCUT2D eigenvalue weighted by atomic mass is 79.9. The minimum atomic E-state index is 0. The minimum absolute atomic E-state index is 0. The van der Waals surface area contributed by atoms with E-state index in [0.29, 0.717) is 5.41 Å². The Bertz CT molecular complexity index is 280. The Balaban J connectivity index is 0.00000120. The van der Waals surface area contributed by atoms with Gasteiger partial charge in [-0.1, -0.05) is 15.9 Å². The highest BCUT2D eigenvalue weighted by molar-refractivity contribution is 9.09. The van der Waals surface area contributed by atoms with E-state index < -0.39 is 0 Å². The average molecular weight is 337 g/mol. The molecule has 0 aromatic carbocycles. The Hall–Kier alpha value is 0.730. The van der Waals surface area contributed by atoms with Crippen LogP contribution in [0.25, 0.3) is 0 Å². The van der Waals surface area contributed by atoms with Gasteiger partial charge in [0.15, 0.2) is 0 Å². The third kappa shape index (κ3) is 2.62. The van der Waals surface area contributed by atoms with Gasteiger partial charge in [-0.3, -0.25) is 0 Å². The summed E-state index contributed by atoms with van der Waals surface area (Å²) in [5.74, 6) is 3.18. The zero-order valence-corrected chi connectivity index (χ0v) is 14.1. The van der Waals surface area contributed by atoms with Gasteiger partial charge in [0.05, 0.1) is 0 Å². The van der Waals surface area contributed by atoms with Crippen LogP contribution in [0.15, 0.2) is 0 Å². The van der Waals surface area contributed by atoms with Gasteiger partial charge in [0.1, 0.15) is 0 Å². The maximum Gasteiger partial charge on any atom is 0.0230 e. The molecule has 0 N–H and O–H groups in total. The highest BCUT2D eigenvalue weighted by Gasteiger charge is 2.55. The summed E-state index contributed by atoms with van der Waals surface area (Å²) in [5.41, 5.74) is 0.685. The van der Waals surface area contributed by atoms with Crippen molar-refractivity contribution in [3.05, 3.63) is 0 Å². The summed E-state index contributed by atoms with van der Waals surface area (Å²) in [6, 6.07) is 0. The van der Waals surface area contributed by atoms with Crippen LogP contribution in [0.5, 0.6) is 0 Å². The Morgan fingerprint density at radius 2 is 1.72 bits per heavy atom. The normalized spacial score (nSPS) is 45.3. The van der Waals surface area contributed by atoms with E-state index in [9.17, 15) is 0 Å². The number of halogens is 2. The van der Waals surface area contributed by atoms with Crippen LogP contribution in [0.4, 0.5) is 0 Å². The molecule has 4 aliphatic rings. The van der Waals surface area contributed by atoms with Crippen LogP contribution < -0.4 is 0 Å². The predicted molar refractivity (Wildman–Crippen MR) is 83.7 cm³/mol. The Morgan fingerprint density at radius 1 is 1.11 bits per heavy atom. The molecule has 0 spiro atoms. The summed E-state index contributed by atoms with van der Waals surface area (Å²) < 4.78 is 0. The molecule has 0 heterocycles. The summed E-state index contributed by atoms with van der Waals surface area (Å²) in [7, 11) is 4.40. The highest BCUT2D eigenvalue weighted by Crippen LogP contribution is 2.63. The van der Waals surface area contributed by atoms with Gasteiger partial charge in [-0.25, -0.2) is 0 Å². The number of nitrogens with zero attached hydrogens (tertiary/aromatic N) is 1. The molecule has 0 aromatic rings. The van der Waals surface area contributed by atoms with Crippen molar-refractivity contribution in [1.29, 1.82) is 0 Å². The van der Waals surface area contributed by atoms with E-state index in [2.05, 4.69) is 34.9 Å². The Kier molecular flexibility index (Phi) is 4.72. The zero-order valence-electron chi connectivity index (χ0n) is 11.7. The summed E-state index contributed by atoms with van der Waals surface area (Å²) in [6.07, 6.45) is 10.5. The Morgan fingerprint density at radius 3 is 2.28 bits per heavy atom. The first kappa shape index (κ1) is 15.1. The van der Waals surface area contributed by atoms with Crippen LogP contribution in [0.2, 0.25) is 0 Å². The van der Waals surface area contributed by atoms with Gasteiger partial charge in [-0.2, -0.15) is 0 Å². The van der Waals surface area contributed by atoms with Crippen LogP contribution in [-0.2, 0) is 0 Å². The molecule has 4 aliphatic carbocycles. The van der Waals surface area contributed by atoms with Crippen molar-refractivity contribution in [2.45, 2.75) is 49.8 Å². The van der Waals surface area contributed by atoms with Crippen molar-refractivity contribution in [2.75, 3.05) is 20.6 Å². The molecule has 0 radical (unpaired) electrons. The van der Waals surface area contributed by atoms with E-state index in [4.69, 9.17) is 0 Å². The molecule has 0 aromatic heterocycles. The molecule has 4 bridgehead atoms. The second-order valence-electron chi connectivity index (χ2n) is 7.28. The number of hydrogen-bond donors (Lipinski definition) is 0. The van der Waals surface area contributed by atoms with Gasteiger partial charge < -0.3 is 4.90 Å². The van der Waals surface area contributed by atoms with E-state index in [1.54, 1.807) is 6.42 Å². The van der Waals surface area contributed by atoms with Gasteiger partial charge in [0.25, 0.3) is 0 Å². The van der Waals surface area contributed by atoms with Gasteiger partial charge in [0, 0.05) is 4.83 Å². The summed E-state index contributed by atoms with van der Waals surface area (Å²) in [6.45, 7) is 1.27. The summed E-state index contributed by atoms with van der Waals surface area (Å²) in [4.78, 5) is 3.17. The van der Waals surface area contributed by atoms with Crippen LogP contribution >= 0.6 is 28.3 Å². The van der Waals surface area contributed by atoms with Gasteiger partial charge >= 0.3 is 0 Å². The van der Waals surface area contributed by atoms with Crippen molar-refractivity contribution in [3.8, 4) is 0 Å². The van der Waals surface area contributed by atoms with E-state index in [1.165, 1.54) is 45.1 Å². The van der Waals surface area contributed by atoms with Crippen LogP contribution in [0, 0.1) is 23.2 Å². The average Bonchev–Trinajstić information content (AvgIpc) is 2.24. The molecule has 3 heteroatoms. The largest absolute Gasteiger partial charge is 0.309 e. The molecule has 3 unspecified atom stereocenters. The van der Waals surface area contributed by atoms with Gasteiger partial charge in [0.2, 0.25) is 0 Å². The first-order valence-corrected chi connectivity index (χ1v) is 8.29. The fourth-order valence-corrected chi connectivity index (χ4v) is 6.27. The number of alkyl halides is 1. The van der Waals surface area contributed by atoms with E-state index in [1.807, 2.05) is 0 Å². The maximum atomic E-state index is 4.09. The smallest absolute Gasteiger partial charge is 0.0230 e. The molecule has 4 fully saturated rings. The Labute approximate surface area is 127 Å². The monoisotopic (exact) mass is 335 g/mol. The molecular weight excluding hydrogens is 310 g/mol. The molecule has 4 rings (SSSR count). The summed E-state index contributed by atoms with van der Waals surface area (Å²) >= 11 is 4.09. The van der Waals surface area contributed by atoms with E-state index in [-0.39, 0.29) is 12.4 Å². The van der Waals surface area contributed by atoms with Crippen molar-refractivity contribution in [3.63, 3.8) is 0 Å². The van der Waals surface area contributed by atoms with Crippen LogP contribution in [0.1, 0.15) is 44.9 Å². The molecule has 0 amide bonds. The second-order valence-corrected chi connectivity index (χ2v) is 8.26. The predicted octanol–water partition coefficient (Wildman–Crippen LogP) is 4.34. The standard InChI is InChI=1S/C15H26BrN.ClH/c1-17(2)5-3-4-15-9-11-6-12(10-15)8-13(7-11)14(15)16;/h11-14H,3-10H2,1-2H3;1H. The SMILES string of the molecule is CN(C)CCCC12CC3CC(CC(C3)C1Br)C2.Cl. The third-order valence-electron chi connectivity index (χ3n) is 5.61. The van der Waals surface area contributed by atoms with E-state index >= 15 is 0 Å². The van der Waals surface area contributed by atoms with Gasteiger partial charge in [-0.05, 0) is 88.8 Å². The van der Waals surface area contributed by atoms with Crippen molar-refractivity contribution in [1.82, 2.24) is 4.90 Å². The topological polar surface area (TPSA) is 3.24 Å². The van der Waals surface area contributed by atoms with Crippen LogP contribution in [-0.4, -0.2) is 30.4 Å². The molecule has 18 heavy (non-hydrogen) atoms. The maximum absolute atomic E-state index is 4.09. The fraction of sp³-hybridized carbons (Fsp3) is 1.00. The lowest BCUT2D eigenvalue weighted by Gasteiger charge is -2.60. The van der Waals surface area contributed by atoms with Gasteiger partial charge in [-0.15, -0.1) is 12.4 Å². The molecule has 3 atom stereocenters. The third-order valence-corrected chi connectivity index (χ3v) is 7.33. The second kappa shape index (κ2) is 5.61. The number of rotatable bonds is 4. The lowest BCUT2D eigenvalue weighted by atomic mass is 9.48. The molecular formula is C15H27BrClN. The first-order chi connectivity index (χ1) is 8.09. The molecule has 1 nitrogen and oxygen atoms in total. The van der Waals surface area contributed by atoms with Crippen molar-refractivity contribution >= 4 is 28.3 Å². The summed E-state index contributed by atoms with van der Waals surface area (Å²) in [5, 5.41) is 0. The quantitative estimate of drug-likeness (QED) is 0.690. The first-order valence-electron chi connectivity index (χ1n) is 7.38. The van der Waals surface area contributed by atoms with Crippen molar-refractivity contribution < 1.29 is 0 Å². The molecule has 0 aliphatic heterocycles. The van der Waals surface area contributed by atoms with E-state index in [0.717, 1.165) is 22.6 Å². The number of hydrogen-bond acceptors (Lipinski definition) is 1. The molecule has 4 saturated carbocycles. The fourth-order valence-electron chi connectivity index (χ4n) is 5.24. The molecule has 106 valence electrons.